The number of piperazine rings is 1. The van der Waals surface area contributed by atoms with Crippen LogP contribution in [0.3, 0.4) is 0 Å². The van der Waals surface area contributed by atoms with Gasteiger partial charge in [0.25, 0.3) is 0 Å². The summed E-state index contributed by atoms with van der Waals surface area (Å²) in [5, 5.41) is 0. The SMILES string of the molecule is CN1CCN([C@@H](CNS(=O)(=O)c2ccccc2F)c2ccc3c(c2)CCCN3C)CC1. The van der Waals surface area contributed by atoms with Gasteiger partial charge in [0.15, 0.2) is 0 Å². The molecule has 2 heterocycles. The summed E-state index contributed by atoms with van der Waals surface area (Å²) in [6, 6.07) is 11.9. The van der Waals surface area contributed by atoms with E-state index in [9.17, 15) is 12.8 Å². The van der Waals surface area contributed by atoms with Gasteiger partial charge < -0.3 is 9.80 Å². The summed E-state index contributed by atoms with van der Waals surface area (Å²) in [6.07, 6.45) is 2.15. The molecule has 2 aliphatic heterocycles. The number of nitrogens with one attached hydrogen (secondary N) is 1. The maximum absolute atomic E-state index is 14.1. The van der Waals surface area contributed by atoms with Crippen molar-refractivity contribution >= 4 is 15.7 Å². The topological polar surface area (TPSA) is 55.9 Å². The highest BCUT2D eigenvalue weighted by Gasteiger charge is 2.28. The van der Waals surface area contributed by atoms with E-state index < -0.39 is 15.8 Å². The number of hydrogen-bond donors (Lipinski definition) is 1. The molecule has 0 saturated carbocycles. The number of anilines is 1. The molecule has 0 aromatic heterocycles. The van der Waals surface area contributed by atoms with Crippen molar-refractivity contribution in [2.45, 2.75) is 23.8 Å². The van der Waals surface area contributed by atoms with Gasteiger partial charge in [-0.3, -0.25) is 4.90 Å². The Balaban J connectivity index is 1.60. The summed E-state index contributed by atoms with van der Waals surface area (Å²) in [6.45, 7) is 4.85. The number of rotatable bonds is 6. The highest BCUT2D eigenvalue weighted by atomic mass is 32.2. The standard InChI is InChI=1S/C23H31FN4O2S/c1-26-12-14-28(15-13-26)22(17-25-31(29,30)23-8-4-3-7-20(23)24)19-9-10-21-18(16-19)6-5-11-27(21)2/h3-4,7-10,16,22,25H,5-6,11-15,17H2,1-2H3/t22-/m0/s1. The summed E-state index contributed by atoms with van der Waals surface area (Å²) >= 11 is 0. The first-order valence-corrected chi connectivity index (χ1v) is 12.3. The zero-order valence-electron chi connectivity index (χ0n) is 18.2. The largest absolute Gasteiger partial charge is 0.374 e. The van der Waals surface area contributed by atoms with Gasteiger partial charge in [0.2, 0.25) is 10.0 Å². The third-order valence-electron chi connectivity index (χ3n) is 6.41. The average Bonchev–Trinajstić information content (AvgIpc) is 2.75. The zero-order valence-corrected chi connectivity index (χ0v) is 19.0. The number of aryl methyl sites for hydroxylation is 1. The third-order valence-corrected chi connectivity index (χ3v) is 7.87. The van der Waals surface area contributed by atoms with Gasteiger partial charge >= 0.3 is 0 Å². The van der Waals surface area contributed by atoms with Crippen molar-refractivity contribution in [1.82, 2.24) is 14.5 Å². The van der Waals surface area contributed by atoms with Gasteiger partial charge in [0, 0.05) is 58.0 Å². The van der Waals surface area contributed by atoms with Gasteiger partial charge in [-0.15, -0.1) is 0 Å². The first kappa shape index (κ1) is 22.2. The second-order valence-corrected chi connectivity index (χ2v) is 10.3. The molecule has 0 bridgehead atoms. The molecular weight excluding hydrogens is 415 g/mol. The third kappa shape index (κ3) is 4.92. The van der Waals surface area contributed by atoms with Crippen molar-refractivity contribution in [1.29, 1.82) is 0 Å². The minimum atomic E-state index is -3.94. The van der Waals surface area contributed by atoms with Crippen molar-refractivity contribution in [3.05, 3.63) is 59.4 Å². The summed E-state index contributed by atoms with van der Waals surface area (Å²) in [5.41, 5.74) is 3.66. The van der Waals surface area contributed by atoms with Crippen molar-refractivity contribution in [3.63, 3.8) is 0 Å². The molecule has 1 fully saturated rings. The molecule has 1 N–H and O–H groups in total. The van der Waals surface area contributed by atoms with Crippen LogP contribution in [-0.4, -0.2) is 71.6 Å². The molecule has 0 amide bonds. The second kappa shape index (κ2) is 9.24. The fraction of sp³-hybridized carbons (Fsp3) is 0.478. The molecule has 2 aromatic rings. The first-order valence-electron chi connectivity index (χ1n) is 10.9. The molecule has 2 aliphatic rings. The lowest BCUT2D eigenvalue weighted by atomic mass is 9.95. The smallest absolute Gasteiger partial charge is 0.243 e. The fourth-order valence-electron chi connectivity index (χ4n) is 4.53. The maximum Gasteiger partial charge on any atom is 0.243 e. The van der Waals surface area contributed by atoms with Gasteiger partial charge in [0.1, 0.15) is 10.7 Å². The van der Waals surface area contributed by atoms with E-state index in [0.29, 0.717) is 0 Å². The maximum atomic E-state index is 14.1. The van der Waals surface area contributed by atoms with E-state index >= 15 is 0 Å². The van der Waals surface area contributed by atoms with Gasteiger partial charge in [-0.05, 0) is 49.2 Å². The normalized spacial score (nSPS) is 19.3. The molecule has 4 rings (SSSR count). The van der Waals surface area contributed by atoms with E-state index in [1.165, 1.54) is 35.5 Å². The number of hydrogen-bond acceptors (Lipinski definition) is 5. The van der Waals surface area contributed by atoms with Crippen molar-refractivity contribution in [2.75, 3.05) is 58.3 Å². The lowest BCUT2D eigenvalue weighted by Crippen LogP contribution is -2.48. The Morgan fingerprint density at radius 1 is 1.03 bits per heavy atom. The number of nitrogens with zero attached hydrogens (tertiary/aromatic N) is 3. The molecule has 0 aliphatic carbocycles. The van der Waals surface area contributed by atoms with E-state index in [4.69, 9.17) is 0 Å². The first-order chi connectivity index (χ1) is 14.8. The highest BCUT2D eigenvalue weighted by molar-refractivity contribution is 7.89. The summed E-state index contributed by atoms with van der Waals surface area (Å²) in [4.78, 5) is 6.57. The number of halogens is 1. The summed E-state index contributed by atoms with van der Waals surface area (Å²) in [5.74, 6) is -0.733. The number of benzene rings is 2. The van der Waals surface area contributed by atoms with Gasteiger partial charge in [0.05, 0.1) is 0 Å². The molecule has 0 radical (unpaired) electrons. The molecule has 31 heavy (non-hydrogen) atoms. The van der Waals surface area contributed by atoms with E-state index in [0.717, 1.165) is 51.1 Å². The van der Waals surface area contributed by atoms with Crippen LogP contribution in [0, 0.1) is 5.82 Å². The van der Waals surface area contributed by atoms with Crippen molar-refractivity contribution < 1.29 is 12.8 Å². The number of fused-ring (bicyclic) bond motifs is 1. The molecule has 1 atom stereocenters. The minimum absolute atomic E-state index is 0.104. The van der Waals surface area contributed by atoms with Crippen LogP contribution in [0.25, 0.3) is 0 Å². The molecule has 2 aromatic carbocycles. The molecule has 1 saturated heterocycles. The highest BCUT2D eigenvalue weighted by Crippen LogP contribution is 2.31. The second-order valence-electron chi connectivity index (χ2n) is 8.55. The monoisotopic (exact) mass is 446 g/mol. The van der Waals surface area contributed by atoms with Crippen LogP contribution in [0.5, 0.6) is 0 Å². The van der Waals surface area contributed by atoms with Crippen LogP contribution in [0.1, 0.15) is 23.6 Å². The summed E-state index contributed by atoms with van der Waals surface area (Å²) < 4.78 is 42.4. The number of likely N-dealkylation sites (N-methyl/N-ethyl adjacent to an activating group) is 1. The summed E-state index contributed by atoms with van der Waals surface area (Å²) in [7, 11) is 0.269. The predicted molar refractivity (Wildman–Crippen MR) is 121 cm³/mol. The van der Waals surface area contributed by atoms with Gasteiger partial charge in [-0.25, -0.2) is 17.5 Å². The fourth-order valence-corrected chi connectivity index (χ4v) is 5.65. The molecular formula is C23H31FN4O2S. The van der Waals surface area contributed by atoms with Crippen LogP contribution in [-0.2, 0) is 16.4 Å². The van der Waals surface area contributed by atoms with E-state index in [-0.39, 0.29) is 17.5 Å². The molecule has 6 nitrogen and oxygen atoms in total. The average molecular weight is 447 g/mol. The Bertz CT molecular complexity index is 1020. The Kier molecular flexibility index (Phi) is 6.62. The quantitative estimate of drug-likeness (QED) is 0.739. The Morgan fingerprint density at radius 2 is 1.77 bits per heavy atom. The van der Waals surface area contributed by atoms with E-state index in [1.807, 2.05) is 0 Å². The minimum Gasteiger partial charge on any atom is -0.374 e. The van der Waals surface area contributed by atoms with Gasteiger partial charge in [-0.1, -0.05) is 24.3 Å². The Hall–Kier alpha value is -2.00. The predicted octanol–water partition coefficient (Wildman–Crippen LogP) is 2.48. The van der Waals surface area contributed by atoms with E-state index in [2.05, 4.69) is 51.7 Å². The lowest BCUT2D eigenvalue weighted by Gasteiger charge is -2.39. The van der Waals surface area contributed by atoms with Crippen LogP contribution < -0.4 is 9.62 Å². The van der Waals surface area contributed by atoms with Crippen LogP contribution >= 0.6 is 0 Å². The van der Waals surface area contributed by atoms with Crippen molar-refractivity contribution in [2.24, 2.45) is 0 Å². The molecule has 168 valence electrons. The van der Waals surface area contributed by atoms with Crippen molar-refractivity contribution in [3.8, 4) is 0 Å². The zero-order chi connectivity index (χ0) is 22.0. The number of sulfonamides is 1. The lowest BCUT2D eigenvalue weighted by molar-refractivity contribution is 0.113. The molecule has 8 heteroatoms. The molecule has 0 unspecified atom stereocenters. The van der Waals surface area contributed by atoms with Gasteiger partial charge in [-0.2, -0.15) is 0 Å². The van der Waals surface area contributed by atoms with Crippen LogP contribution in [0.15, 0.2) is 47.4 Å². The Labute approximate surface area is 184 Å². The molecule has 0 spiro atoms. The van der Waals surface area contributed by atoms with Crippen LogP contribution in [0.4, 0.5) is 10.1 Å². The van der Waals surface area contributed by atoms with Crippen LogP contribution in [0.2, 0.25) is 0 Å². The Morgan fingerprint density at radius 3 is 2.52 bits per heavy atom. The van der Waals surface area contributed by atoms with E-state index in [1.54, 1.807) is 0 Å².